The van der Waals surface area contributed by atoms with Gasteiger partial charge >= 0.3 is 0 Å². The summed E-state index contributed by atoms with van der Waals surface area (Å²) in [6.07, 6.45) is 1.08. The van der Waals surface area contributed by atoms with E-state index in [4.69, 9.17) is 4.74 Å². The number of rotatable bonds is 3. The van der Waals surface area contributed by atoms with E-state index >= 15 is 0 Å². The highest BCUT2D eigenvalue weighted by Gasteiger charge is 2.49. The molecule has 0 aliphatic carbocycles. The number of aryl methyl sites for hydroxylation is 3. The lowest BCUT2D eigenvalue weighted by atomic mass is 9.76. The van der Waals surface area contributed by atoms with Gasteiger partial charge in [-0.2, -0.15) is 0 Å². The van der Waals surface area contributed by atoms with Crippen LogP contribution in [0.25, 0.3) is 0 Å². The molecule has 0 bridgehead atoms. The van der Waals surface area contributed by atoms with Crippen LogP contribution in [0, 0.1) is 26.7 Å². The van der Waals surface area contributed by atoms with E-state index in [0.717, 1.165) is 6.42 Å². The summed E-state index contributed by atoms with van der Waals surface area (Å²) >= 11 is 0. The molecule has 0 amide bonds. The molecule has 0 spiro atoms. The van der Waals surface area contributed by atoms with Gasteiger partial charge in [-0.15, -0.1) is 0 Å². The van der Waals surface area contributed by atoms with Gasteiger partial charge in [0.05, 0.1) is 11.2 Å². The van der Waals surface area contributed by atoms with Crippen LogP contribution in [0.5, 0.6) is 0 Å². The summed E-state index contributed by atoms with van der Waals surface area (Å²) in [4.78, 5) is 0. The first-order valence-electron chi connectivity index (χ1n) is 8.02. The van der Waals surface area contributed by atoms with Crippen molar-refractivity contribution in [3.8, 4) is 0 Å². The molecule has 1 aliphatic rings. The van der Waals surface area contributed by atoms with E-state index in [1.165, 1.54) is 22.3 Å². The van der Waals surface area contributed by atoms with Crippen LogP contribution in [0.2, 0.25) is 0 Å². The third-order valence-corrected chi connectivity index (χ3v) is 4.91. The number of ether oxygens (including phenoxy) is 1. The molecule has 2 rings (SSSR count). The first-order valence-corrected chi connectivity index (χ1v) is 8.02. The first-order chi connectivity index (χ1) is 9.57. The zero-order chi connectivity index (χ0) is 16.0. The molecule has 2 heteroatoms. The van der Waals surface area contributed by atoms with E-state index < -0.39 is 0 Å². The fourth-order valence-corrected chi connectivity index (χ4v) is 4.35. The van der Waals surface area contributed by atoms with Crippen molar-refractivity contribution in [1.82, 2.24) is 5.32 Å². The molecule has 2 nitrogen and oxygen atoms in total. The molecular weight excluding hydrogens is 258 g/mol. The molecule has 1 aromatic carbocycles. The summed E-state index contributed by atoms with van der Waals surface area (Å²) in [5, 5.41) is 3.57. The first kappa shape index (κ1) is 16.5. The van der Waals surface area contributed by atoms with Crippen LogP contribution in [0.15, 0.2) is 12.1 Å². The molecule has 118 valence electrons. The third-order valence-electron chi connectivity index (χ3n) is 4.91. The van der Waals surface area contributed by atoms with E-state index in [1.807, 2.05) is 0 Å². The average Bonchev–Trinajstić information content (AvgIpc) is 2.51. The Morgan fingerprint density at radius 2 is 1.62 bits per heavy atom. The number of hydrogen-bond donors (Lipinski definition) is 1. The summed E-state index contributed by atoms with van der Waals surface area (Å²) < 4.78 is 6.32. The summed E-state index contributed by atoms with van der Waals surface area (Å²) in [5.74, 6) is 0.470. The maximum Gasteiger partial charge on any atom is 0.0681 e. The summed E-state index contributed by atoms with van der Waals surface area (Å²) in [6, 6.07) is 4.92. The van der Waals surface area contributed by atoms with Crippen LogP contribution in [0.1, 0.15) is 62.4 Å². The Bertz CT molecular complexity index is 507. The Labute approximate surface area is 130 Å². The maximum atomic E-state index is 6.32. The van der Waals surface area contributed by atoms with Crippen LogP contribution in [-0.2, 0) is 4.74 Å². The summed E-state index contributed by atoms with van der Waals surface area (Å²) in [6.45, 7) is 15.5. The van der Waals surface area contributed by atoms with Crippen LogP contribution in [0.3, 0.4) is 0 Å². The molecule has 0 radical (unpaired) electrons. The zero-order valence-corrected chi connectivity index (χ0v) is 14.9. The Hall–Kier alpha value is -0.860. The monoisotopic (exact) mass is 289 g/mol. The minimum absolute atomic E-state index is 0.0459. The van der Waals surface area contributed by atoms with Gasteiger partial charge in [0.15, 0.2) is 0 Å². The van der Waals surface area contributed by atoms with Gasteiger partial charge in [0.25, 0.3) is 0 Å². The largest absolute Gasteiger partial charge is 0.369 e. The van der Waals surface area contributed by atoms with Gasteiger partial charge in [-0.1, -0.05) is 17.7 Å². The average molecular weight is 289 g/mol. The lowest BCUT2D eigenvalue weighted by Gasteiger charge is -2.34. The highest BCUT2D eigenvalue weighted by atomic mass is 16.5. The van der Waals surface area contributed by atoms with Gasteiger partial charge in [0.1, 0.15) is 0 Å². The van der Waals surface area contributed by atoms with E-state index in [0.29, 0.717) is 12.0 Å². The molecule has 1 aromatic rings. The van der Waals surface area contributed by atoms with E-state index in [9.17, 15) is 0 Å². The van der Waals surface area contributed by atoms with Crippen LogP contribution < -0.4 is 5.32 Å². The van der Waals surface area contributed by atoms with Gasteiger partial charge in [-0.05, 0) is 78.6 Å². The Balaban J connectivity index is 2.46. The smallest absolute Gasteiger partial charge is 0.0681 e. The SMILES string of the molecule is CNC(c1c(C)cc(C)cc1C)C1CC(C)(C)OC1(C)C. The van der Waals surface area contributed by atoms with Crippen molar-refractivity contribution >= 4 is 0 Å². The minimum atomic E-state index is -0.110. The zero-order valence-electron chi connectivity index (χ0n) is 14.9. The predicted molar refractivity (Wildman–Crippen MR) is 89.8 cm³/mol. The van der Waals surface area contributed by atoms with Crippen LogP contribution in [-0.4, -0.2) is 18.2 Å². The highest BCUT2D eigenvalue weighted by Crippen LogP contribution is 2.48. The van der Waals surface area contributed by atoms with Gasteiger partial charge < -0.3 is 10.1 Å². The van der Waals surface area contributed by atoms with Gasteiger partial charge in [-0.25, -0.2) is 0 Å². The van der Waals surface area contributed by atoms with E-state index in [1.54, 1.807) is 0 Å². The van der Waals surface area contributed by atoms with E-state index in [-0.39, 0.29) is 11.2 Å². The van der Waals surface area contributed by atoms with Gasteiger partial charge in [0, 0.05) is 12.0 Å². The second kappa shape index (κ2) is 5.40. The van der Waals surface area contributed by atoms with Gasteiger partial charge in [-0.3, -0.25) is 0 Å². The quantitative estimate of drug-likeness (QED) is 0.886. The fourth-order valence-electron chi connectivity index (χ4n) is 4.35. The second-order valence-corrected chi connectivity index (χ2v) is 7.85. The highest BCUT2D eigenvalue weighted by molar-refractivity contribution is 5.40. The third kappa shape index (κ3) is 3.17. The van der Waals surface area contributed by atoms with Crippen LogP contribution >= 0.6 is 0 Å². The fraction of sp³-hybridized carbons (Fsp3) is 0.684. The van der Waals surface area contributed by atoms with Crippen molar-refractivity contribution in [3.63, 3.8) is 0 Å². The molecule has 0 saturated carbocycles. The summed E-state index contributed by atoms with van der Waals surface area (Å²) in [7, 11) is 2.07. The molecule has 2 unspecified atom stereocenters. The minimum Gasteiger partial charge on any atom is -0.369 e. The van der Waals surface area contributed by atoms with Crippen molar-refractivity contribution in [2.24, 2.45) is 5.92 Å². The standard InChI is InChI=1S/C19H31NO/c1-12-9-13(2)16(14(3)10-12)17(20-8)15-11-18(4,5)21-19(15,6)7/h9-10,15,17,20H,11H2,1-8H3. The molecule has 1 aliphatic heterocycles. The molecule has 0 aromatic heterocycles. The van der Waals surface area contributed by atoms with Crippen molar-refractivity contribution in [3.05, 3.63) is 34.4 Å². The molecule has 1 fully saturated rings. The normalized spacial score (nSPS) is 25.0. The van der Waals surface area contributed by atoms with Gasteiger partial charge in [0.2, 0.25) is 0 Å². The second-order valence-electron chi connectivity index (χ2n) is 7.85. The topological polar surface area (TPSA) is 21.3 Å². The lowest BCUT2D eigenvalue weighted by Crippen LogP contribution is -2.38. The van der Waals surface area contributed by atoms with Crippen LogP contribution in [0.4, 0.5) is 0 Å². The predicted octanol–water partition coefficient (Wildman–Crippen LogP) is 4.47. The molecule has 1 saturated heterocycles. The Kier molecular flexibility index (Phi) is 4.25. The molecule has 2 atom stereocenters. The van der Waals surface area contributed by atoms with Crippen molar-refractivity contribution in [2.45, 2.75) is 72.1 Å². The number of nitrogens with one attached hydrogen (secondary N) is 1. The van der Waals surface area contributed by atoms with Crippen molar-refractivity contribution in [1.29, 1.82) is 0 Å². The molecule has 21 heavy (non-hydrogen) atoms. The number of hydrogen-bond acceptors (Lipinski definition) is 2. The maximum absolute atomic E-state index is 6.32. The Morgan fingerprint density at radius 3 is 2.00 bits per heavy atom. The van der Waals surface area contributed by atoms with Crippen molar-refractivity contribution in [2.75, 3.05) is 7.05 Å². The summed E-state index contributed by atoms with van der Waals surface area (Å²) in [5.41, 5.74) is 5.39. The number of benzene rings is 1. The Morgan fingerprint density at radius 1 is 1.10 bits per heavy atom. The van der Waals surface area contributed by atoms with Crippen molar-refractivity contribution < 1.29 is 4.74 Å². The van der Waals surface area contributed by atoms with E-state index in [2.05, 4.69) is 73.0 Å². The molecule has 1 heterocycles. The molecule has 1 N–H and O–H groups in total. The lowest BCUT2D eigenvalue weighted by molar-refractivity contribution is -0.0777. The molecular formula is C19H31NO.